The molecule has 1 aliphatic carbocycles. The Bertz CT molecular complexity index is 1470. The van der Waals surface area contributed by atoms with Gasteiger partial charge in [0.1, 0.15) is 17.3 Å². The lowest BCUT2D eigenvalue weighted by molar-refractivity contribution is 0.465. The third-order valence-corrected chi connectivity index (χ3v) is 8.40. The van der Waals surface area contributed by atoms with Gasteiger partial charge in [-0.25, -0.2) is 4.98 Å². The number of hydrogen-bond donors (Lipinski definition) is 2. The summed E-state index contributed by atoms with van der Waals surface area (Å²) < 4.78 is 3.01. The van der Waals surface area contributed by atoms with Gasteiger partial charge in [-0.2, -0.15) is 10.2 Å². The van der Waals surface area contributed by atoms with E-state index in [-0.39, 0.29) is 17.2 Å². The molecule has 2 aliphatic rings. The molecule has 7 nitrogen and oxygen atoms in total. The normalized spacial score (nSPS) is 17.4. The maximum absolute atomic E-state index is 13.0. The van der Waals surface area contributed by atoms with Gasteiger partial charge < -0.3 is 10.6 Å². The van der Waals surface area contributed by atoms with E-state index >= 15 is 0 Å². The number of thiophene rings is 1. The Morgan fingerprint density at radius 1 is 1.09 bits per heavy atom. The van der Waals surface area contributed by atoms with Crippen LogP contribution in [0.15, 0.2) is 41.3 Å². The number of nitriles is 1. The molecule has 0 atom stereocenters. The van der Waals surface area contributed by atoms with E-state index in [2.05, 4.69) is 39.9 Å². The van der Waals surface area contributed by atoms with Crippen molar-refractivity contribution < 1.29 is 0 Å². The number of fused-ring (bicyclic) bond motifs is 2. The number of pyridine rings is 1. The number of nitrogens with one attached hydrogen (secondary N) is 2. The van der Waals surface area contributed by atoms with Gasteiger partial charge in [0.15, 0.2) is 0 Å². The summed E-state index contributed by atoms with van der Waals surface area (Å²) in [5.74, 6) is 1.10. The Morgan fingerprint density at radius 2 is 1.91 bits per heavy atom. The average Bonchev–Trinajstić information content (AvgIpc) is 3.54. The predicted octanol–water partition coefficient (Wildman–Crippen LogP) is 5.20. The van der Waals surface area contributed by atoms with E-state index in [1.165, 1.54) is 27.8 Å². The standard InChI is InChI=1S/C26H26N6OS/c27-14-18-11-19-15-29-26(31-24(19)32(25(18)33)21-3-1-2-4-21)30-20-5-6-22-17(12-20)13-23(34-22)16-7-9-28-10-8-16/h5-6,11-13,15-16,21,28H,1-4,7-10H2,(H,29,30,31). The van der Waals surface area contributed by atoms with Crippen LogP contribution in [0.4, 0.5) is 11.6 Å². The van der Waals surface area contributed by atoms with Crippen molar-refractivity contribution in [3.05, 3.63) is 57.3 Å². The Hall–Kier alpha value is -3.28. The van der Waals surface area contributed by atoms with Crippen LogP contribution < -0.4 is 16.2 Å². The van der Waals surface area contributed by atoms with Crippen LogP contribution in [0.25, 0.3) is 21.1 Å². The second kappa shape index (κ2) is 8.82. The van der Waals surface area contributed by atoms with Crippen LogP contribution in [0.2, 0.25) is 0 Å². The van der Waals surface area contributed by atoms with Crippen molar-refractivity contribution in [2.24, 2.45) is 0 Å². The molecule has 1 aromatic carbocycles. The van der Waals surface area contributed by atoms with Gasteiger partial charge in [-0.3, -0.25) is 9.36 Å². The highest BCUT2D eigenvalue weighted by Gasteiger charge is 2.23. The van der Waals surface area contributed by atoms with Gasteiger partial charge in [0, 0.05) is 32.9 Å². The molecule has 0 amide bonds. The quantitative estimate of drug-likeness (QED) is 0.425. The van der Waals surface area contributed by atoms with Crippen molar-refractivity contribution in [3.63, 3.8) is 0 Å². The largest absolute Gasteiger partial charge is 0.324 e. The van der Waals surface area contributed by atoms with Gasteiger partial charge in [0.05, 0.1) is 0 Å². The molecule has 0 bridgehead atoms. The van der Waals surface area contributed by atoms with Crippen molar-refractivity contribution in [2.45, 2.75) is 50.5 Å². The van der Waals surface area contributed by atoms with Gasteiger partial charge in [-0.15, -0.1) is 11.3 Å². The first kappa shape index (κ1) is 21.3. The third kappa shape index (κ3) is 3.85. The summed E-state index contributed by atoms with van der Waals surface area (Å²) in [5.41, 5.74) is 1.41. The number of aromatic nitrogens is 3. The maximum atomic E-state index is 13.0. The molecule has 1 aliphatic heterocycles. The van der Waals surface area contributed by atoms with Crippen molar-refractivity contribution in [1.29, 1.82) is 5.26 Å². The number of rotatable bonds is 4. The number of anilines is 2. The highest BCUT2D eigenvalue weighted by Crippen LogP contribution is 2.36. The summed E-state index contributed by atoms with van der Waals surface area (Å²) in [4.78, 5) is 23.7. The first-order valence-electron chi connectivity index (χ1n) is 12.0. The highest BCUT2D eigenvalue weighted by molar-refractivity contribution is 7.19. The lowest BCUT2D eigenvalue weighted by atomic mass is 9.96. The fourth-order valence-corrected chi connectivity index (χ4v) is 6.55. The highest BCUT2D eigenvalue weighted by atomic mass is 32.1. The van der Waals surface area contributed by atoms with Crippen LogP contribution in [-0.4, -0.2) is 27.6 Å². The second-order valence-electron chi connectivity index (χ2n) is 9.31. The van der Waals surface area contributed by atoms with Crippen molar-refractivity contribution in [2.75, 3.05) is 18.4 Å². The lowest BCUT2D eigenvalue weighted by Crippen LogP contribution is -2.26. The average molecular weight is 471 g/mol. The van der Waals surface area contributed by atoms with Gasteiger partial charge in [0.2, 0.25) is 5.95 Å². The molecule has 1 saturated carbocycles. The molecule has 4 aromatic rings. The Morgan fingerprint density at radius 3 is 2.71 bits per heavy atom. The molecular formula is C26H26N6OS. The molecule has 8 heteroatoms. The van der Waals surface area contributed by atoms with Crippen molar-refractivity contribution in [1.82, 2.24) is 19.9 Å². The molecule has 0 radical (unpaired) electrons. The Labute approximate surface area is 201 Å². The molecule has 34 heavy (non-hydrogen) atoms. The zero-order valence-corrected chi connectivity index (χ0v) is 19.7. The molecule has 0 unspecified atom stereocenters. The lowest BCUT2D eigenvalue weighted by Gasteiger charge is -2.21. The first-order valence-corrected chi connectivity index (χ1v) is 12.8. The van der Waals surface area contributed by atoms with Crippen LogP contribution in [0.5, 0.6) is 0 Å². The monoisotopic (exact) mass is 470 g/mol. The minimum atomic E-state index is -0.253. The summed E-state index contributed by atoms with van der Waals surface area (Å²) in [7, 11) is 0. The van der Waals surface area contributed by atoms with Gasteiger partial charge >= 0.3 is 0 Å². The Balaban J connectivity index is 1.35. The van der Waals surface area contributed by atoms with Crippen LogP contribution in [0.3, 0.4) is 0 Å². The van der Waals surface area contributed by atoms with E-state index in [4.69, 9.17) is 4.98 Å². The zero-order valence-electron chi connectivity index (χ0n) is 18.9. The minimum Gasteiger partial charge on any atom is -0.324 e. The SMILES string of the molecule is N#Cc1cc2cnc(Nc3ccc4sc(C5CCNCC5)cc4c3)nc2n(C2CCCC2)c1=O. The fraction of sp³-hybridized carbons (Fsp3) is 0.385. The second-order valence-corrected chi connectivity index (χ2v) is 10.4. The van der Waals surface area contributed by atoms with E-state index in [1.807, 2.05) is 17.4 Å². The Kier molecular flexibility index (Phi) is 5.52. The molecule has 6 rings (SSSR count). The zero-order chi connectivity index (χ0) is 23.1. The molecular weight excluding hydrogens is 444 g/mol. The topological polar surface area (TPSA) is 95.6 Å². The van der Waals surface area contributed by atoms with E-state index in [9.17, 15) is 10.1 Å². The summed E-state index contributed by atoms with van der Waals surface area (Å²) in [6, 6.07) is 12.4. The summed E-state index contributed by atoms with van der Waals surface area (Å²) in [6.07, 6.45) is 8.14. The molecule has 3 aromatic heterocycles. The van der Waals surface area contributed by atoms with Crippen LogP contribution in [0.1, 0.15) is 60.9 Å². The summed E-state index contributed by atoms with van der Waals surface area (Å²) >= 11 is 1.89. The molecule has 172 valence electrons. The summed E-state index contributed by atoms with van der Waals surface area (Å²) in [5, 5.41) is 18.2. The fourth-order valence-electron chi connectivity index (χ4n) is 5.34. The van der Waals surface area contributed by atoms with Crippen LogP contribution in [-0.2, 0) is 0 Å². The number of hydrogen-bond acceptors (Lipinski definition) is 7. The minimum absolute atomic E-state index is 0.0848. The van der Waals surface area contributed by atoms with E-state index in [1.54, 1.807) is 16.8 Å². The third-order valence-electron chi connectivity index (χ3n) is 7.12. The first-order chi connectivity index (χ1) is 16.7. The number of benzene rings is 1. The molecule has 4 heterocycles. The maximum Gasteiger partial charge on any atom is 0.270 e. The predicted molar refractivity (Wildman–Crippen MR) is 136 cm³/mol. The van der Waals surface area contributed by atoms with Crippen LogP contribution >= 0.6 is 11.3 Å². The summed E-state index contributed by atoms with van der Waals surface area (Å²) in [6.45, 7) is 2.18. The van der Waals surface area contributed by atoms with Gasteiger partial charge in [0.25, 0.3) is 5.56 Å². The van der Waals surface area contributed by atoms with Crippen LogP contribution in [0, 0.1) is 11.3 Å². The smallest absolute Gasteiger partial charge is 0.270 e. The van der Waals surface area contributed by atoms with Crippen molar-refractivity contribution in [3.8, 4) is 6.07 Å². The number of nitrogens with zero attached hydrogens (tertiary/aromatic N) is 4. The number of piperidine rings is 1. The van der Waals surface area contributed by atoms with E-state index in [0.29, 0.717) is 22.9 Å². The molecule has 1 saturated heterocycles. The van der Waals surface area contributed by atoms with Gasteiger partial charge in [-0.05, 0) is 80.4 Å². The molecule has 2 fully saturated rings. The molecule has 0 spiro atoms. The van der Waals surface area contributed by atoms with Crippen molar-refractivity contribution >= 4 is 44.1 Å². The van der Waals surface area contributed by atoms with E-state index < -0.39 is 0 Å². The van der Waals surface area contributed by atoms with E-state index in [0.717, 1.165) is 44.5 Å². The van der Waals surface area contributed by atoms with Gasteiger partial charge in [-0.1, -0.05) is 12.8 Å². The molecule has 2 N–H and O–H groups in total.